The van der Waals surface area contributed by atoms with E-state index in [1.807, 2.05) is 0 Å². The van der Waals surface area contributed by atoms with E-state index in [-0.39, 0.29) is 18.0 Å². The van der Waals surface area contributed by atoms with Crippen LogP contribution in [-0.4, -0.2) is 37.2 Å². The summed E-state index contributed by atoms with van der Waals surface area (Å²) < 4.78 is 19.8. The fraction of sp³-hybridized carbons (Fsp3) is 0.571. The fourth-order valence-corrected chi connectivity index (χ4v) is 2.82. The van der Waals surface area contributed by atoms with E-state index in [4.69, 9.17) is 22.1 Å². The van der Waals surface area contributed by atoms with Gasteiger partial charge in [0.05, 0.1) is 18.8 Å². The first-order valence-electron chi connectivity index (χ1n) is 6.68. The van der Waals surface area contributed by atoms with Crippen molar-refractivity contribution in [2.75, 3.05) is 26.2 Å². The van der Waals surface area contributed by atoms with Gasteiger partial charge in [-0.05, 0) is 25.1 Å². The molecule has 0 saturated carbocycles. The number of hydrogen-bond donors (Lipinski definition) is 1. The first-order valence-corrected chi connectivity index (χ1v) is 7.05. The molecule has 1 aromatic carbocycles. The van der Waals surface area contributed by atoms with Gasteiger partial charge in [-0.1, -0.05) is 24.6 Å². The van der Waals surface area contributed by atoms with Gasteiger partial charge >= 0.3 is 0 Å². The smallest absolute Gasteiger partial charge is 0.129 e. The lowest BCUT2D eigenvalue weighted by molar-refractivity contribution is -0.0686. The van der Waals surface area contributed by atoms with Crippen molar-refractivity contribution in [3.63, 3.8) is 0 Å². The lowest BCUT2D eigenvalue weighted by atomic mass is 9.97. The molecule has 1 heterocycles. The Morgan fingerprint density at radius 3 is 2.95 bits per heavy atom. The first kappa shape index (κ1) is 14.7. The molecule has 2 N–H and O–H groups in total. The van der Waals surface area contributed by atoms with Crippen LogP contribution in [0, 0.1) is 5.82 Å². The number of ether oxygens (including phenoxy) is 1. The van der Waals surface area contributed by atoms with E-state index in [2.05, 4.69) is 11.8 Å². The SMILES string of the molecule is CCCN1CCOC(CN)C1c1ccc(Cl)cc1F. The molecule has 1 aliphatic rings. The van der Waals surface area contributed by atoms with Crippen LogP contribution in [-0.2, 0) is 4.74 Å². The summed E-state index contributed by atoms with van der Waals surface area (Å²) in [6.45, 7) is 4.85. The van der Waals surface area contributed by atoms with Gasteiger partial charge in [0.15, 0.2) is 0 Å². The van der Waals surface area contributed by atoms with Gasteiger partial charge in [-0.3, -0.25) is 4.90 Å². The van der Waals surface area contributed by atoms with Gasteiger partial charge in [-0.2, -0.15) is 0 Å². The monoisotopic (exact) mass is 286 g/mol. The van der Waals surface area contributed by atoms with Crippen molar-refractivity contribution < 1.29 is 9.13 Å². The number of halogens is 2. The molecule has 0 amide bonds. The van der Waals surface area contributed by atoms with Crippen molar-refractivity contribution in [3.05, 3.63) is 34.6 Å². The van der Waals surface area contributed by atoms with Crippen LogP contribution < -0.4 is 5.73 Å². The summed E-state index contributed by atoms with van der Waals surface area (Å²) in [7, 11) is 0. The molecule has 106 valence electrons. The Labute approximate surface area is 118 Å². The third-order valence-corrected chi connectivity index (χ3v) is 3.72. The first-order chi connectivity index (χ1) is 9.17. The molecule has 0 aromatic heterocycles. The second-order valence-corrected chi connectivity index (χ2v) is 5.23. The van der Waals surface area contributed by atoms with Crippen LogP contribution in [0.5, 0.6) is 0 Å². The van der Waals surface area contributed by atoms with Gasteiger partial charge in [0.25, 0.3) is 0 Å². The standard InChI is InChI=1S/C14H20ClFN2O/c1-2-5-18-6-7-19-13(9-17)14(18)11-4-3-10(15)8-12(11)16/h3-4,8,13-14H,2,5-7,9,17H2,1H3. The van der Waals surface area contributed by atoms with Crippen molar-refractivity contribution in [1.82, 2.24) is 4.90 Å². The Hall–Kier alpha value is -0.680. The molecule has 3 nitrogen and oxygen atoms in total. The molecular weight excluding hydrogens is 267 g/mol. The summed E-state index contributed by atoms with van der Waals surface area (Å²) in [5.41, 5.74) is 6.39. The normalized spacial score (nSPS) is 24.6. The van der Waals surface area contributed by atoms with Crippen molar-refractivity contribution in [3.8, 4) is 0 Å². The molecule has 1 aliphatic heterocycles. The molecule has 1 fully saturated rings. The lowest BCUT2D eigenvalue weighted by Gasteiger charge is -2.41. The fourth-order valence-electron chi connectivity index (χ4n) is 2.66. The highest BCUT2D eigenvalue weighted by molar-refractivity contribution is 6.30. The Bertz CT molecular complexity index is 428. The third kappa shape index (κ3) is 3.26. The third-order valence-electron chi connectivity index (χ3n) is 3.48. The van der Waals surface area contributed by atoms with E-state index in [0.29, 0.717) is 23.7 Å². The molecule has 2 unspecified atom stereocenters. The van der Waals surface area contributed by atoms with Crippen LogP contribution in [0.4, 0.5) is 4.39 Å². The summed E-state index contributed by atoms with van der Waals surface area (Å²) in [6.07, 6.45) is 0.846. The number of rotatable bonds is 4. The van der Waals surface area contributed by atoms with Gasteiger partial charge < -0.3 is 10.5 Å². The Morgan fingerprint density at radius 1 is 1.53 bits per heavy atom. The van der Waals surface area contributed by atoms with E-state index in [0.717, 1.165) is 19.5 Å². The molecule has 0 bridgehead atoms. The van der Waals surface area contributed by atoms with Crippen LogP contribution in [0.2, 0.25) is 5.02 Å². The minimum absolute atomic E-state index is 0.129. The quantitative estimate of drug-likeness (QED) is 0.925. The van der Waals surface area contributed by atoms with Gasteiger partial charge in [-0.15, -0.1) is 0 Å². The average molecular weight is 287 g/mol. The van der Waals surface area contributed by atoms with E-state index >= 15 is 0 Å². The van der Waals surface area contributed by atoms with Crippen LogP contribution in [0.1, 0.15) is 24.9 Å². The van der Waals surface area contributed by atoms with Crippen LogP contribution in [0.25, 0.3) is 0 Å². The minimum Gasteiger partial charge on any atom is -0.374 e. The van der Waals surface area contributed by atoms with Gasteiger partial charge in [-0.25, -0.2) is 4.39 Å². The van der Waals surface area contributed by atoms with Crippen LogP contribution >= 0.6 is 11.6 Å². The second-order valence-electron chi connectivity index (χ2n) is 4.79. The Morgan fingerprint density at radius 2 is 2.32 bits per heavy atom. The molecule has 2 rings (SSSR count). The van der Waals surface area contributed by atoms with Gasteiger partial charge in [0.1, 0.15) is 5.82 Å². The number of nitrogens with two attached hydrogens (primary N) is 1. The van der Waals surface area contributed by atoms with Crippen molar-refractivity contribution >= 4 is 11.6 Å². The zero-order chi connectivity index (χ0) is 13.8. The maximum absolute atomic E-state index is 14.2. The summed E-state index contributed by atoms with van der Waals surface area (Å²) in [4.78, 5) is 2.24. The predicted octanol–water partition coefficient (Wildman–Crippen LogP) is 2.59. The van der Waals surface area contributed by atoms with Crippen LogP contribution in [0.3, 0.4) is 0 Å². The molecule has 2 atom stereocenters. The van der Waals surface area contributed by atoms with Crippen molar-refractivity contribution in [2.24, 2.45) is 5.73 Å². The van der Waals surface area contributed by atoms with E-state index in [9.17, 15) is 4.39 Å². The van der Waals surface area contributed by atoms with Gasteiger partial charge in [0.2, 0.25) is 0 Å². The average Bonchev–Trinajstić information content (AvgIpc) is 2.39. The molecule has 0 radical (unpaired) electrons. The minimum atomic E-state index is -0.289. The highest BCUT2D eigenvalue weighted by Gasteiger charge is 2.33. The number of hydrogen-bond acceptors (Lipinski definition) is 3. The van der Waals surface area contributed by atoms with E-state index in [1.54, 1.807) is 12.1 Å². The molecule has 1 aromatic rings. The number of benzene rings is 1. The molecule has 0 spiro atoms. The van der Waals surface area contributed by atoms with Crippen molar-refractivity contribution in [2.45, 2.75) is 25.5 Å². The Kier molecular flexibility index (Phi) is 5.16. The summed E-state index contributed by atoms with van der Waals surface area (Å²) >= 11 is 5.81. The predicted molar refractivity (Wildman–Crippen MR) is 74.8 cm³/mol. The van der Waals surface area contributed by atoms with E-state index < -0.39 is 0 Å². The van der Waals surface area contributed by atoms with E-state index in [1.165, 1.54) is 6.07 Å². The molecular formula is C14H20ClFN2O. The molecule has 5 heteroatoms. The highest BCUT2D eigenvalue weighted by Crippen LogP contribution is 2.32. The molecule has 1 saturated heterocycles. The summed E-state index contributed by atoms with van der Waals surface area (Å²) in [6, 6.07) is 4.67. The number of morpholine rings is 1. The molecule has 19 heavy (non-hydrogen) atoms. The lowest BCUT2D eigenvalue weighted by Crippen LogP contribution is -2.48. The Balaban J connectivity index is 2.33. The highest BCUT2D eigenvalue weighted by atomic mass is 35.5. The topological polar surface area (TPSA) is 38.5 Å². The van der Waals surface area contributed by atoms with Gasteiger partial charge in [0, 0.05) is 23.7 Å². The number of nitrogens with zero attached hydrogens (tertiary/aromatic N) is 1. The maximum Gasteiger partial charge on any atom is 0.129 e. The zero-order valence-electron chi connectivity index (χ0n) is 11.1. The largest absolute Gasteiger partial charge is 0.374 e. The van der Waals surface area contributed by atoms with Crippen LogP contribution in [0.15, 0.2) is 18.2 Å². The molecule has 0 aliphatic carbocycles. The summed E-state index contributed by atoms with van der Waals surface area (Å²) in [5.74, 6) is -0.289. The second kappa shape index (κ2) is 6.66. The summed E-state index contributed by atoms with van der Waals surface area (Å²) in [5, 5.41) is 0.407. The van der Waals surface area contributed by atoms with Crippen molar-refractivity contribution in [1.29, 1.82) is 0 Å². The maximum atomic E-state index is 14.2. The zero-order valence-corrected chi connectivity index (χ0v) is 11.9.